The van der Waals surface area contributed by atoms with Crippen LogP contribution in [0, 0.1) is 13.8 Å². The number of ether oxygens (including phenoxy) is 1. The van der Waals surface area contributed by atoms with Crippen LogP contribution in [0.4, 0.5) is 5.69 Å². The molecule has 1 amide bonds. The van der Waals surface area contributed by atoms with Crippen molar-refractivity contribution in [3.05, 3.63) is 71.5 Å². The van der Waals surface area contributed by atoms with Gasteiger partial charge in [-0.2, -0.15) is 5.10 Å². The van der Waals surface area contributed by atoms with Crippen molar-refractivity contribution in [2.45, 2.75) is 33.8 Å². The summed E-state index contributed by atoms with van der Waals surface area (Å²) in [6.07, 6.45) is 0.111. The van der Waals surface area contributed by atoms with Gasteiger partial charge in [0.15, 0.2) is 5.69 Å². The van der Waals surface area contributed by atoms with Crippen LogP contribution in [-0.2, 0) is 0 Å². The zero-order chi connectivity index (χ0) is 18.7. The molecule has 0 aliphatic carbocycles. The van der Waals surface area contributed by atoms with Crippen LogP contribution in [0.15, 0.2) is 54.6 Å². The first-order chi connectivity index (χ1) is 12.4. The molecule has 0 saturated carbocycles. The second-order valence-electron chi connectivity index (χ2n) is 6.52. The molecule has 0 aliphatic heterocycles. The fourth-order valence-electron chi connectivity index (χ4n) is 2.72. The van der Waals surface area contributed by atoms with E-state index in [2.05, 4.69) is 10.4 Å². The zero-order valence-electron chi connectivity index (χ0n) is 15.5. The van der Waals surface area contributed by atoms with E-state index in [1.54, 1.807) is 10.7 Å². The number of nitrogens with one attached hydrogen (secondary N) is 1. The van der Waals surface area contributed by atoms with Crippen LogP contribution in [0.5, 0.6) is 5.75 Å². The lowest BCUT2D eigenvalue weighted by atomic mass is 10.2. The Bertz CT molecular complexity index is 914. The Hall–Kier alpha value is -3.08. The van der Waals surface area contributed by atoms with Crippen molar-refractivity contribution >= 4 is 11.6 Å². The van der Waals surface area contributed by atoms with Crippen molar-refractivity contribution in [1.29, 1.82) is 0 Å². The SMILES string of the molecule is Cc1cc(OC(C)C)ccc1NC(=O)c1cc(C)n(-c2ccccc2)n1. The number of benzene rings is 2. The molecule has 5 heteroatoms. The highest BCUT2D eigenvalue weighted by atomic mass is 16.5. The molecule has 5 nitrogen and oxygen atoms in total. The minimum Gasteiger partial charge on any atom is -0.491 e. The number of aromatic nitrogens is 2. The summed E-state index contributed by atoms with van der Waals surface area (Å²) in [7, 11) is 0. The van der Waals surface area contributed by atoms with Gasteiger partial charge in [-0.25, -0.2) is 4.68 Å². The number of hydrogen-bond donors (Lipinski definition) is 1. The third-order valence-electron chi connectivity index (χ3n) is 3.94. The van der Waals surface area contributed by atoms with Gasteiger partial charge < -0.3 is 10.1 Å². The average Bonchev–Trinajstić information content (AvgIpc) is 2.99. The van der Waals surface area contributed by atoms with E-state index in [0.717, 1.165) is 28.4 Å². The standard InChI is InChI=1S/C21H23N3O2/c1-14(2)26-18-10-11-19(15(3)12-18)22-21(25)20-13-16(4)24(23-20)17-8-6-5-7-9-17/h5-14H,1-4H3,(H,22,25). The van der Waals surface area contributed by atoms with E-state index >= 15 is 0 Å². The monoisotopic (exact) mass is 349 g/mol. The molecule has 0 spiro atoms. The van der Waals surface area contributed by atoms with Crippen molar-refractivity contribution in [2.24, 2.45) is 0 Å². The predicted octanol–water partition coefficient (Wildman–Crippen LogP) is 4.53. The molecule has 2 aromatic carbocycles. The zero-order valence-corrected chi connectivity index (χ0v) is 15.5. The molecule has 0 fully saturated rings. The second kappa shape index (κ2) is 7.44. The molecule has 0 radical (unpaired) electrons. The van der Waals surface area contributed by atoms with Gasteiger partial charge in [0, 0.05) is 11.4 Å². The van der Waals surface area contributed by atoms with Gasteiger partial charge in [0.2, 0.25) is 0 Å². The van der Waals surface area contributed by atoms with Crippen molar-refractivity contribution in [1.82, 2.24) is 9.78 Å². The number of amides is 1. The third kappa shape index (κ3) is 3.94. The number of carbonyl (C=O) groups excluding carboxylic acids is 1. The normalized spacial score (nSPS) is 10.8. The van der Waals surface area contributed by atoms with Crippen LogP contribution in [0.3, 0.4) is 0 Å². The lowest BCUT2D eigenvalue weighted by Gasteiger charge is -2.13. The maximum atomic E-state index is 12.6. The molecule has 1 aromatic heterocycles. The van der Waals surface area contributed by atoms with Gasteiger partial charge in [-0.1, -0.05) is 18.2 Å². The van der Waals surface area contributed by atoms with E-state index in [1.165, 1.54) is 0 Å². The summed E-state index contributed by atoms with van der Waals surface area (Å²) in [5.74, 6) is 0.558. The lowest BCUT2D eigenvalue weighted by Crippen LogP contribution is -2.14. The van der Waals surface area contributed by atoms with Gasteiger partial charge in [-0.15, -0.1) is 0 Å². The van der Waals surface area contributed by atoms with Crippen LogP contribution in [-0.4, -0.2) is 21.8 Å². The van der Waals surface area contributed by atoms with Crippen LogP contribution >= 0.6 is 0 Å². The number of hydrogen-bond acceptors (Lipinski definition) is 3. The molecule has 134 valence electrons. The van der Waals surface area contributed by atoms with Crippen LogP contribution < -0.4 is 10.1 Å². The third-order valence-corrected chi connectivity index (χ3v) is 3.94. The van der Waals surface area contributed by atoms with Gasteiger partial charge >= 0.3 is 0 Å². The summed E-state index contributed by atoms with van der Waals surface area (Å²) in [6.45, 7) is 7.84. The van der Waals surface area contributed by atoms with E-state index in [-0.39, 0.29) is 12.0 Å². The largest absolute Gasteiger partial charge is 0.491 e. The molecular formula is C21H23N3O2. The summed E-state index contributed by atoms with van der Waals surface area (Å²) in [5.41, 5.74) is 3.90. The fourth-order valence-corrected chi connectivity index (χ4v) is 2.72. The molecular weight excluding hydrogens is 326 g/mol. The predicted molar refractivity (Wildman–Crippen MR) is 103 cm³/mol. The highest BCUT2D eigenvalue weighted by Gasteiger charge is 2.14. The first kappa shape index (κ1) is 17.7. The Kier molecular flexibility index (Phi) is 5.07. The molecule has 0 saturated heterocycles. The summed E-state index contributed by atoms with van der Waals surface area (Å²) in [4.78, 5) is 12.6. The topological polar surface area (TPSA) is 56.1 Å². The second-order valence-corrected chi connectivity index (χ2v) is 6.52. The quantitative estimate of drug-likeness (QED) is 0.736. The van der Waals surface area contributed by atoms with Gasteiger partial charge in [-0.05, 0) is 69.7 Å². The van der Waals surface area contributed by atoms with Crippen molar-refractivity contribution in [3.63, 3.8) is 0 Å². The van der Waals surface area contributed by atoms with Crippen LogP contribution in [0.2, 0.25) is 0 Å². The molecule has 26 heavy (non-hydrogen) atoms. The summed E-state index contributed by atoms with van der Waals surface area (Å²) in [6, 6.07) is 17.2. The Labute approximate surface area is 153 Å². The Morgan fingerprint density at radius 3 is 2.46 bits per heavy atom. The van der Waals surface area contributed by atoms with E-state index in [9.17, 15) is 4.79 Å². The smallest absolute Gasteiger partial charge is 0.276 e. The minimum absolute atomic E-state index is 0.111. The Balaban J connectivity index is 1.79. The van der Waals surface area contributed by atoms with Crippen molar-refractivity contribution < 1.29 is 9.53 Å². The van der Waals surface area contributed by atoms with E-state index in [4.69, 9.17) is 4.74 Å². The number of para-hydroxylation sites is 1. The van der Waals surface area contributed by atoms with Crippen molar-refractivity contribution in [2.75, 3.05) is 5.32 Å². The summed E-state index contributed by atoms with van der Waals surface area (Å²) >= 11 is 0. The Morgan fingerprint density at radius 1 is 1.08 bits per heavy atom. The molecule has 0 aliphatic rings. The molecule has 0 bridgehead atoms. The van der Waals surface area contributed by atoms with E-state index in [1.807, 2.05) is 76.2 Å². The van der Waals surface area contributed by atoms with Crippen LogP contribution in [0.1, 0.15) is 35.6 Å². The summed E-state index contributed by atoms with van der Waals surface area (Å²) in [5, 5.41) is 7.37. The number of aryl methyl sites for hydroxylation is 2. The van der Waals surface area contributed by atoms with Gasteiger partial charge in [0.1, 0.15) is 5.75 Å². The first-order valence-corrected chi connectivity index (χ1v) is 8.65. The molecule has 1 N–H and O–H groups in total. The Morgan fingerprint density at radius 2 is 1.81 bits per heavy atom. The summed E-state index contributed by atoms with van der Waals surface area (Å²) < 4.78 is 7.44. The number of rotatable bonds is 5. The van der Waals surface area contributed by atoms with E-state index in [0.29, 0.717) is 5.69 Å². The number of nitrogens with zero attached hydrogens (tertiary/aromatic N) is 2. The number of carbonyl (C=O) groups is 1. The number of anilines is 1. The van der Waals surface area contributed by atoms with Crippen LogP contribution in [0.25, 0.3) is 5.69 Å². The van der Waals surface area contributed by atoms with Gasteiger partial charge in [-0.3, -0.25) is 4.79 Å². The molecule has 3 aromatic rings. The average molecular weight is 349 g/mol. The maximum absolute atomic E-state index is 12.6. The highest BCUT2D eigenvalue weighted by molar-refractivity contribution is 6.03. The van der Waals surface area contributed by atoms with Gasteiger partial charge in [0.05, 0.1) is 11.8 Å². The lowest BCUT2D eigenvalue weighted by molar-refractivity contribution is 0.102. The van der Waals surface area contributed by atoms with Gasteiger partial charge in [0.25, 0.3) is 5.91 Å². The minimum atomic E-state index is -0.233. The first-order valence-electron chi connectivity index (χ1n) is 8.65. The maximum Gasteiger partial charge on any atom is 0.276 e. The molecule has 0 unspecified atom stereocenters. The van der Waals surface area contributed by atoms with Crippen molar-refractivity contribution in [3.8, 4) is 11.4 Å². The highest BCUT2D eigenvalue weighted by Crippen LogP contribution is 2.23. The molecule has 3 rings (SSSR count). The molecule has 0 atom stereocenters. The van der Waals surface area contributed by atoms with E-state index < -0.39 is 0 Å². The molecule has 1 heterocycles. The fraction of sp³-hybridized carbons (Fsp3) is 0.238.